The Balaban J connectivity index is 2.22. The Morgan fingerprint density at radius 2 is 2.10 bits per heavy atom. The molecule has 2 amide bonds. The predicted octanol–water partition coefficient (Wildman–Crippen LogP) is 1.45. The molecular formula is C16H20N2O3. The maximum Gasteiger partial charge on any atom is 0.223 e. The zero-order valence-corrected chi connectivity index (χ0v) is 12.2. The van der Waals surface area contributed by atoms with E-state index < -0.39 is 0 Å². The van der Waals surface area contributed by atoms with Crippen LogP contribution in [0.4, 0.5) is 0 Å². The van der Waals surface area contributed by atoms with Crippen LogP contribution in [-0.2, 0) is 9.59 Å². The van der Waals surface area contributed by atoms with Gasteiger partial charge < -0.3 is 15.3 Å². The van der Waals surface area contributed by atoms with E-state index in [1.807, 2.05) is 30.3 Å². The maximum atomic E-state index is 12.1. The Morgan fingerprint density at radius 3 is 2.76 bits per heavy atom. The molecule has 0 spiro atoms. The van der Waals surface area contributed by atoms with Crippen LogP contribution in [0.5, 0.6) is 0 Å². The second kappa shape index (κ2) is 6.54. The van der Waals surface area contributed by atoms with Crippen molar-refractivity contribution in [2.24, 2.45) is 0 Å². The van der Waals surface area contributed by atoms with Gasteiger partial charge in [-0.3, -0.25) is 9.59 Å². The second-order valence-corrected chi connectivity index (χ2v) is 5.24. The van der Waals surface area contributed by atoms with E-state index in [2.05, 4.69) is 5.32 Å². The molecule has 0 bridgehead atoms. The van der Waals surface area contributed by atoms with Gasteiger partial charge in [0.25, 0.3) is 0 Å². The third-order valence-electron chi connectivity index (χ3n) is 3.53. The molecule has 2 atom stereocenters. The van der Waals surface area contributed by atoms with Crippen LogP contribution in [0.15, 0.2) is 30.5 Å². The first kappa shape index (κ1) is 15.3. The molecule has 0 aliphatic carbocycles. The number of fused-ring (bicyclic) bond motifs is 1. The van der Waals surface area contributed by atoms with Crippen LogP contribution in [0, 0.1) is 0 Å². The first-order chi connectivity index (χ1) is 10.0. The largest absolute Gasteiger partial charge is 0.394 e. The van der Waals surface area contributed by atoms with Crippen molar-refractivity contribution < 1.29 is 14.7 Å². The van der Waals surface area contributed by atoms with Crippen molar-refractivity contribution >= 4 is 17.9 Å². The molecule has 1 aliphatic rings. The number of carbonyl (C=O) groups excluding carboxylic acids is 2. The molecule has 1 aliphatic heterocycles. The van der Waals surface area contributed by atoms with Crippen molar-refractivity contribution in [1.82, 2.24) is 10.2 Å². The molecule has 0 saturated carbocycles. The minimum Gasteiger partial charge on any atom is -0.394 e. The van der Waals surface area contributed by atoms with Gasteiger partial charge in [-0.15, -0.1) is 0 Å². The third-order valence-corrected chi connectivity index (χ3v) is 3.53. The van der Waals surface area contributed by atoms with Crippen LogP contribution in [0.25, 0.3) is 6.08 Å². The third kappa shape index (κ3) is 3.49. The Bertz CT molecular complexity index is 568. The number of rotatable bonds is 4. The first-order valence-corrected chi connectivity index (χ1v) is 6.99. The topological polar surface area (TPSA) is 69.6 Å². The fourth-order valence-corrected chi connectivity index (χ4v) is 2.47. The van der Waals surface area contributed by atoms with Crippen molar-refractivity contribution in [2.75, 3.05) is 6.61 Å². The van der Waals surface area contributed by atoms with E-state index in [0.717, 1.165) is 11.1 Å². The molecule has 2 N–H and O–H groups in total. The Hall–Kier alpha value is -2.14. The van der Waals surface area contributed by atoms with Crippen LogP contribution in [-0.4, -0.2) is 34.5 Å². The highest BCUT2D eigenvalue weighted by Gasteiger charge is 2.28. The van der Waals surface area contributed by atoms with Gasteiger partial charge in [0.1, 0.15) is 0 Å². The summed E-state index contributed by atoms with van der Waals surface area (Å²) < 4.78 is 0. The van der Waals surface area contributed by atoms with Gasteiger partial charge in [-0.1, -0.05) is 24.3 Å². The van der Waals surface area contributed by atoms with Crippen LogP contribution >= 0.6 is 0 Å². The Labute approximate surface area is 124 Å². The monoisotopic (exact) mass is 288 g/mol. The summed E-state index contributed by atoms with van der Waals surface area (Å²) >= 11 is 0. The van der Waals surface area contributed by atoms with Gasteiger partial charge >= 0.3 is 0 Å². The lowest BCUT2D eigenvalue weighted by Crippen LogP contribution is -2.39. The summed E-state index contributed by atoms with van der Waals surface area (Å²) in [6.45, 7) is 3.11. The molecule has 0 fully saturated rings. The smallest absolute Gasteiger partial charge is 0.223 e. The normalized spacial score (nSPS) is 18.0. The van der Waals surface area contributed by atoms with E-state index in [4.69, 9.17) is 5.11 Å². The summed E-state index contributed by atoms with van der Waals surface area (Å²) in [5.74, 6) is -0.285. The average Bonchev–Trinajstić information content (AvgIpc) is 2.47. The van der Waals surface area contributed by atoms with E-state index in [0.29, 0.717) is 0 Å². The van der Waals surface area contributed by atoms with Crippen LogP contribution in [0.1, 0.15) is 37.4 Å². The summed E-state index contributed by atoms with van der Waals surface area (Å²) in [5, 5.41) is 11.7. The summed E-state index contributed by atoms with van der Waals surface area (Å²) in [5.41, 5.74) is 1.98. The SMILES string of the molecule is CC(=O)N1C=Cc2ccccc2C1CC(=O)NC(C)CO. The molecule has 5 heteroatoms. The number of carbonyl (C=O) groups is 2. The molecule has 21 heavy (non-hydrogen) atoms. The number of hydrogen-bond donors (Lipinski definition) is 2. The molecule has 2 rings (SSSR count). The number of nitrogens with zero attached hydrogens (tertiary/aromatic N) is 1. The molecule has 0 aromatic heterocycles. The molecule has 0 saturated heterocycles. The second-order valence-electron chi connectivity index (χ2n) is 5.24. The average molecular weight is 288 g/mol. The van der Waals surface area contributed by atoms with E-state index in [-0.39, 0.29) is 36.9 Å². The molecule has 5 nitrogen and oxygen atoms in total. The van der Waals surface area contributed by atoms with Gasteiger partial charge in [0.2, 0.25) is 11.8 Å². The summed E-state index contributed by atoms with van der Waals surface area (Å²) in [6.07, 6.45) is 3.77. The highest BCUT2D eigenvalue weighted by atomic mass is 16.3. The fourth-order valence-electron chi connectivity index (χ4n) is 2.47. The van der Waals surface area contributed by atoms with Crippen LogP contribution in [0.3, 0.4) is 0 Å². The van der Waals surface area contributed by atoms with Crippen molar-refractivity contribution in [3.63, 3.8) is 0 Å². The number of benzene rings is 1. The lowest BCUT2D eigenvalue weighted by molar-refractivity contribution is -0.130. The van der Waals surface area contributed by atoms with Gasteiger partial charge in [0.05, 0.1) is 19.1 Å². The lowest BCUT2D eigenvalue weighted by Gasteiger charge is -2.32. The predicted molar refractivity (Wildman–Crippen MR) is 80.0 cm³/mol. The maximum absolute atomic E-state index is 12.1. The molecule has 0 radical (unpaired) electrons. The minimum absolute atomic E-state index is 0.103. The Kier molecular flexibility index (Phi) is 4.75. The molecule has 1 aromatic rings. The van der Waals surface area contributed by atoms with Crippen molar-refractivity contribution in [3.05, 3.63) is 41.6 Å². The minimum atomic E-state index is -0.311. The first-order valence-electron chi connectivity index (χ1n) is 6.99. The number of nitrogens with one attached hydrogen (secondary N) is 1. The molecule has 1 heterocycles. The van der Waals surface area contributed by atoms with Gasteiger partial charge in [-0.25, -0.2) is 0 Å². The lowest BCUT2D eigenvalue weighted by atomic mass is 9.93. The van der Waals surface area contributed by atoms with Gasteiger partial charge in [0.15, 0.2) is 0 Å². The van der Waals surface area contributed by atoms with E-state index >= 15 is 0 Å². The number of aliphatic hydroxyl groups excluding tert-OH is 1. The number of amides is 2. The summed E-state index contributed by atoms with van der Waals surface area (Å²) in [4.78, 5) is 25.4. The van der Waals surface area contributed by atoms with Crippen molar-refractivity contribution in [2.45, 2.75) is 32.4 Å². The summed E-state index contributed by atoms with van der Waals surface area (Å²) in [6, 6.07) is 7.12. The molecule has 2 unspecified atom stereocenters. The molecule has 112 valence electrons. The standard InChI is InChI=1S/C16H20N2O3/c1-11(10-19)17-16(21)9-15-14-6-4-3-5-13(14)7-8-18(15)12(2)20/h3-8,11,15,19H,9-10H2,1-2H3,(H,17,21). The van der Waals surface area contributed by atoms with Gasteiger partial charge in [-0.2, -0.15) is 0 Å². The van der Waals surface area contributed by atoms with Crippen molar-refractivity contribution in [3.8, 4) is 0 Å². The summed E-state index contributed by atoms with van der Waals surface area (Å²) in [7, 11) is 0. The highest BCUT2D eigenvalue weighted by Crippen LogP contribution is 2.32. The Morgan fingerprint density at radius 1 is 1.38 bits per heavy atom. The zero-order chi connectivity index (χ0) is 15.4. The van der Waals surface area contributed by atoms with E-state index in [1.165, 1.54) is 6.92 Å². The molecular weight excluding hydrogens is 268 g/mol. The quantitative estimate of drug-likeness (QED) is 0.881. The van der Waals surface area contributed by atoms with E-state index in [1.54, 1.807) is 18.0 Å². The zero-order valence-electron chi connectivity index (χ0n) is 12.2. The van der Waals surface area contributed by atoms with E-state index in [9.17, 15) is 9.59 Å². The number of aliphatic hydroxyl groups is 1. The molecule has 1 aromatic carbocycles. The highest BCUT2D eigenvalue weighted by molar-refractivity contribution is 5.81. The number of hydrogen-bond acceptors (Lipinski definition) is 3. The fraction of sp³-hybridized carbons (Fsp3) is 0.375. The van der Waals surface area contributed by atoms with Crippen LogP contribution in [0.2, 0.25) is 0 Å². The van der Waals surface area contributed by atoms with Crippen LogP contribution < -0.4 is 5.32 Å². The van der Waals surface area contributed by atoms with Gasteiger partial charge in [0, 0.05) is 19.2 Å². The van der Waals surface area contributed by atoms with Crippen molar-refractivity contribution in [1.29, 1.82) is 0 Å². The van der Waals surface area contributed by atoms with Gasteiger partial charge in [-0.05, 0) is 24.1 Å².